The highest BCUT2D eigenvalue weighted by atomic mass is 16.3. The highest BCUT2D eigenvalue weighted by Crippen LogP contribution is 2.33. The van der Waals surface area contributed by atoms with E-state index in [-0.39, 0.29) is 0 Å². The molecular weight excluding hydrogens is 274 g/mol. The zero-order chi connectivity index (χ0) is 15.4. The zero-order valence-corrected chi connectivity index (χ0v) is 12.6. The van der Waals surface area contributed by atoms with Gasteiger partial charge >= 0.3 is 0 Å². The summed E-state index contributed by atoms with van der Waals surface area (Å²) in [7, 11) is 0. The molecule has 0 bridgehead atoms. The number of hydrogen-bond acceptors (Lipinski definition) is 3. The molecule has 114 valence electrons. The maximum absolute atomic E-state index is 10.9. The van der Waals surface area contributed by atoms with Gasteiger partial charge in [-0.05, 0) is 24.0 Å². The van der Waals surface area contributed by atoms with Gasteiger partial charge in [0.2, 0.25) is 0 Å². The van der Waals surface area contributed by atoms with Crippen molar-refractivity contribution in [2.24, 2.45) is 0 Å². The van der Waals surface area contributed by atoms with E-state index in [4.69, 9.17) is 0 Å². The first-order chi connectivity index (χ1) is 10.7. The fraction of sp³-hybridized carbons (Fsp3) is 0.316. The molecule has 1 aliphatic heterocycles. The van der Waals surface area contributed by atoms with E-state index in [0.29, 0.717) is 5.56 Å². The molecule has 1 heterocycles. The molecule has 0 aromatic heterocycles. The van der Waals surface area contributed by atoms with Crippen molar-refractivity contribution in [3.05, 3.63) is 71.3 Å². The van der Waals surface area contributed by atoms with Gasteiger partial charge in [-0.2, -0.15) is 0 Å². The third kappa shape index (κ3) is 3.26. The average Bonchev–Trinajstić information content (AvgIpc) is 2.58. The molecule has 0 atom stereocenters. The highest BCUT2D eigenvalue weighted by Gasteiger charge is 2.33. The van der Waals surface area contributed by atoms with Gasteiger partial charge in [-0.15, -0.1) is 0 Å². The third-order valence-corrected chi connectivity index (χ3v) is 4.52. The van der Waals surface area contributed by atoms with Gasteiger partial charge in [-0.3, -0.25) is 9.69 Å². The molecule has 0 saturated carbocycles. The number of piperidine rings is 1. The Morgan fingerprint density at radius 1 is 1.00 bits per heavy atom. The summed E-state index contributed by atoms with van der Waals surface area (Å²) in [5.41, 5.74) is 2.10. The van der Waals surface area contributed by atoms with Gasteiger partial charge < -0.3 is 5.11 Å². The molecule has 1 fully saturated rings. The predicted molar refractivity (Wildman–Crippen MR) is 86.7 cm³/mol. The van der Waals surface area contributed by atoms with Crippen molar-refractivity contribution in [2.75, 3.05) is 13.1 Å². The molecule has 1 aliphatic rings. The number of nitrogens with zero attached hydrogens (tertiary/aromatic N) is 1. The van der Waals surface area contributed by atoms with Crippen LogP contribution in [0.3, 0.4) is 0 Å². The van der Waals surface area contributed by atoms with Crippen LogP contribution in [0.2, 0.25) is 0 Å². The van der Waals surface area contributed by atoms with Crippen LogP contribution in [-0.2, 0) is 12.1 Å². The summed E-state index contributed by atoms with van der Waals surface area (Å²) in [5.74, 6) is 0. The van der Waals surface area contributed by atoms with Gasteiger partial charge in [0.1, 0.15) is 6.29 Å². The first-order valence-corrected chi connectivity index (χ1v) is 7.74. The minimum Gasteiger partial charge on any atom is -0.385 e. The fourth-order valence-corrected chi connectivity index (χ4v) is 3.08. The first kappa shape index (κ1) is 14.9. The summed E-state index contributed by atoms with van der Waals surface area (Å²) < 4.78 is 0. The van der Waals surface area contributed by atoms with Crippen LogP contribution >= 0.6 is 0 Å². The molecule has 2 aromatic rings. The lowest BCUT2D eigenvalue weighted by molar-refractivity contribution is -0.0277. The smallest absolute Gasteiger partial charge is 0.150 e. The number of carbonyl (C=O) groups is 1. The second-order valence-corrected chi connectivity index (χ2v) is 6.03. The first-order valence-electron chi connectivity index (χ1n) is 7.74. The quantitative estimate of drug-likeness (QED) is 0.882. The topological polar surface area (TPSA) is 40.5 Å². The number of rotatable bonds is 4. The Morgan fingerprint density at radius 3 is 2.23 bits per heavy atom. The lowest BCUT2D eigenvalue weighted by Crippen LogP contribution is -2.42. The van der Waals surface area contributed by atoms with Crippen LogP contribution in [0, 0.1) is 0 Å². The summed E-state index contributed by atoms with van der Waals surface area (Å²) in [6, 6.07) is 17.7. The van der Waals surface area contributed by atoms with Gasteiger partial charge in [0, 0.05) is 25.2 Å². The number of likely N-dealkylation sites (tertiary alicyclic amines) is 1. The van der Waals surface area contributed by atoms with E-state index in [1.807, 2.05) is 18.2 Å². The molecule has 22 heavy (non-hydrogen) atoms. The van der Waals surface area contributed by atoms with Crippen molar-refractivity contribution in [3.63, 3.8) is 0 Å². The van der Waals surface area contributed by atoms with Gasteiger partial charge in [0.05, 0.1) is 5.60 Å². The Labute approximate surface area is 131 Å². The van der Waals surface area contributed by atoms with E-state index >= 15 is 0 Å². The van der Waals surface area contributed by atoms with E-state index < -0.39 is 5.60 Å². The Hall–Kier alpha value is -1.97. The molecule has 1 saturated heterocycles. The van der Waals surface area contributed by atoms with Crippen LogP contribution in [0.4, 0.5) is 0 Å². The molecule has 1 N–H and O–H groups in total. The van der Waals surface area contributed by atoms with Crippen LogP contribution in [0.1, 0.15) is 34.3 Å². The molecule has 0 radical (unpaired) electrons. The lowest BCUT2D eigenvalue weighted by atomic mass is 9.84. The fourth-order valence-electron chi connectivity index (χ4n) is 3.08. The zero-order valence-electron chi connectivity index (χ0n) is 12.6. The molecule has 0 unspecified atom stereocenters. The van der Waals surface area contributed by atoms with Crippen LogP contribution in [-0.4, -0.2) is 29.4 Å². The number of aliphatic hydroxyl groups is 1. The van der Waals surface area contributed by atoms with Gasteiger partial charge in [0.25, 0.3) is 0 Å². The number of hydrogen-bond donors (Lipinski definition) is 1. The maximum Gasteiger partial charge on any atom is 0.150 e. The lowest BCUT2D eigenvalue weighted by Gasteiger charge is -2.38. The van der Waals surface area contributed by atoms with E-state index in [1.165, 1.54) is 5.56 Å². The Morgan fingerprint density at radius 2 is 1.64 bits per heavy atom. The number of carbonyl (C=O) groups excluding carboxylic acids is 1. The molecule has 3 rings (SSSR count). The van der Waals surface area contributed by atoms with Crippen LogP contribution in [0.5, 0.6) is 0 Å². The monoisotopic (exact) mass is 295 g/mol. The molecule has 3 nitrogen and oxygen atoms in total. The van der Waals surface area contributed by atoms with Crippen molar-refractivity contribution in [1.82, 2.24) is 4.90 Å². The third-order valence-electron chi connectivity index (χ3n) is 4.52. The summed E-state index contributed by atoms with van der Waals surface area (Å²) >= 11 is 0. The van der Waals surface area contributed by atoms with Gasteiger partial charge in [0.15, 0.2) is 0 Å². The van der Waals surface area contributed by atoms with Crippen LogP contribution < -0.4 is 0 Å². The normalized spacial score (nSPS) is 18.0. The van der Waals surface area contributed by atoms with Crippen molar-refractivity contribution in [1.29, 1.82) is 0 Å². The van der Waals surface area contributed by atoms with Crippen molar-refractivity contribution in [2.45, 2.75) is 25.0 Å². The highest BCUT2D eigenvalue weighted by molar-refractivity contribution is 5.74. The summed E-state index contributed by atoms with van der Waals surface area (Å²) in [6.45, 7) is 2.68. The molecule has 0 aliphatic carbocycles. The van der Waals surface area contributed by atoms with Crippen molar-refractivity contribution < 1.29 is 9.90 Å². The van der Waals surface area contributed by atoms with Crippen molar-refractivity contribution >= 4 is 6.29 Å². The standard InChI is InChI=1S/C19H21NO2/c21-15-17-6-8-18(9-7-17)19(22)10-12-20(13-11-19)14-16-4-2-1-3-5-16/h1-9,15,22H,10-14H2. The van der Waals surface area contributed by atoms with E-state index in [0.717, 1.165) is 44.3 Å². The largest absolute Gasteiger partial charge is 0.385 e. The van der Waals surface area contributed by atoms with Gasteiger partial charge in [-0.1, -0.05) is 54.6 Å². The Balaban J connectivity index is 1.63. The summed E-state index contributed by atoms with van der Waals surface area (Å²) in [4.78, 5) is 13.1. The van der Waals surface area contributed by atoms with E-state index in [9.17, 15) is 9.90 Å². The van der Waals surface area contributed by atoms with E-state index in [1.54, 1.807) is 12.1 Å². The summed E-state index contributed by atoms with van der Waals surface area (Å²) in [5, 5.41) is 10.9. The summed E-state index contributed by atoms with van der Waals surface area (Å²) in [6.07, 6.45) is 2.27. The van der Waals surface area contributed by atoms with Crippen LogP contribution in [0.15, 0.2) is 54.6 Å². The minimum atomic E-state index is -0.769. The Bertz CT molecular complexity index is 614. The molecule has 0 amide bonds. The minimum absolute atomic E-state index is 0.647. The Kier molecular flexibility index (Phi) is 4.36. The van der Waals surface area contributed by atoms with Gasteiger partial charge in [-0.25, -0.2) is 0 Å². The van der Waals surface area contributed by atoms with Crippen molar-refractivity contribution in [3.8, 4) is 0 Å². The maximum atomic E-state index is 10.9. The predicted octanol–water partition coefficient (Wildman–Crippen LogP) is 2.98. The number of aldehydes is 1. The molecule has 2 aromatic carbocycles. The average molecular weight is 295 g/mol. The van der Waals surface area contributed by atoms with E-state index in [2.05, 4.69) is 29.2 Å². The van der Waals surface area contributed by atoms with Crippen LogP contribution in [0.25, 0.3) is 0 Å². The SMILES string of the molecule is O=Cc1ccc(C2(O)CCN(Cc3ccccc3)CC2)cc1. The molecular formula is C19H21NO2. The molecule has 3 heteroatoms. The number of benzene rings is 2. The second-order valence-electron chi connectivity index (χ2n) is 6.03. The molecule has 0 spiro atoms. The second kappa shape index (κ2) is 6.42.